The van der Waals surface area contributed by atoms with E-state index in [1.54, 1.807) is 0 Å². The van der Waals surface area contributed by atoms with Crippen LogP contribution < -0.4 is 0 Å². The van der Waals surface area contributed by atoms with E-state index < -0.39 is 12.1 Å². The molecule has 0 radical (unpaired) electrons. The molecule has 6 heteroatoms. The number of hydrogen-bond acceptors (Lipinski definition) is 6. The zero-order valence-corrected chi connectivity index (χ0v) is 41.3. The lowest BCUT2D eigenvalue weighted by molar-refractivity contribution is -0.166. The molecule has 0 aromatic heterocycles. The van der Waals surface area contributed by atoms with Gasteiger partial charge >= 0.3 is 17.9 Å². The molecule has 0 aromatic carbocycles. The zero-order chi connectivity index (χ0) is 46.5. The molecule has 0 aromatic rings. The Morgan fingerprint density at radius 1 is 0.328 bits per heavy atom. The average molecular weight is 887 g/mol. The molecule has 0 aliphatic carbocycles. The van der Waals surface area contributed by atoms with E-state index in [-0.39, 0.29) is 31.6 Å². The largest absolute Gasteiger partial charge is 0.462 e. The Hall–Kier alpha value is -3.93. The quantitative estimate of drug-likeness (QED) is 0.0262. The molecule has 0 spiro atoms. The fraction of sp³-hybridized carbons (Fsp3) is 0.638. The van der Waals surface area contributed by atoms with E-state index in [2.05, 4.69) is 118 Å². The minimum atomic E-state index is -0.823. The Morgan fingerprint density at radius 3 is 1.02 bits per heavy atom. The highest BCUT2D eigenvalue weighted by Crippen LogP contribution is 2.14. The molecule has 0 amide bonds. The van der Waals surface area contributed by atoms with Gasteiger partial charge in [-0.05, 0) is 89.9 Å². The molecule has 64 heavy (non-hydrogen) atoms. The molecule has 0 aliphatic rings. The van der Waals surface area contributed by atoms with Crippen molar-refractivity contribution in [3.8, 4) is 0 Å². The van der Waals surface area contributed by atoms with Gasteiger partial charge in [0.2, 0.25) is 0 Å². The van der Waals surface area contributed by atoms with Crippen molar-refractivity contribution in [2.75, 3.05) is 13.2 Å². The van der Waals surface area contributed by atoms with E-state index in [0.29, 0.717) is 19.3 Å². The van der Waals surface area contributed by atoms with E-state index >= 15 is 0 Å². The molecular weight excluding hydrogens is 793 g/mol. The number of unbranched alkanes of at least 4 members (excludes halogenated alkanes) is 16. The monoisotopic (exact) mass is 887 g/mol. The van der Waals surface area contributed by atoms with Crippen LogP contribution in [0.25, 0.3) is 0 Å². The molecule has 0 fully saturated rings. The van der Waals surface area contributed by atoms with E-state index in [1.807, 2.05) is 12.2 Å². The average Bonchev–Trinajstić information content (AvgIpc) is 3.29. The highest BCUT2D eigenvalue weighted by Gasteiger charge is 2.19. The number of hydrogen-bond donors (Lipinski definition) is 0. The van der Waals surface area contributed by atoms with Crippen molar-refractivity contribution in [2.45, 2.75) is 226 Å². The third-order valence-corrected chi connectivity index (χ3v) is 10.5. The predicted octanol–water partition coefficient (Wildman–Crippen LogP) is 17.1. The highest BCUT2D eigenvalue weighted by atomic mass is 16.6. The molecule has 0 N–H and O–H groups in total. The van der Waals surface area contributed by atoms with Crippen molar-refractivity contribution in [3.63, 3.8) is 0 Å². The molecule has 1 unspecified atom stereocenters. The van der Waals surface area contributed by atoms with Crippen molar-refractivity contribution < 1.29 is 28.6 Å². The summed E-state index contributed by atoms with van der Waals surface area (Å²) in [6.45, 7) is 6.32. The summed E-state index contributed by atoms with van der Waals surface area (Å²) in [5.41, 5.74) is 0. The zero-order valence-electron chi connectivity index (χ0n) is 41.3. The van der Waals surface area contributed by atoms with Gasteiger partial charge in [0.05, 0.1) is 0 Å². The summed E-state index contributed by atoms with van der Waals surface area (Å²) in [5, 5.41) is 0. The van der Waals surface area contributed by atoms with Gasteiger partial charge in [-0.1, -0.05) is 220 Å². The van der Waals surface area contributed by atoms with Crippen LogP contribution in [0.5, 0.6) is 0 Å². The van der Waals surface area contributed by atoms with E-state index in [1.165, 1.54) is 64.2 Å². The summed E-state index contributed by atoms with van der Waals surface area (Å²) in [6, 6.07) is 0. The van der Waals surface area contributed by atoms with Crippen LogP contribution in [0.15, 0.2) is 109 Å². The fourth-order valence-electron chi connectivity index (χ4n) is 6.72. The summed E-state index contributed by atoms with van der Waals surface area (Å²) in [6.07, 6.45) is 69.4. The van der Waals surface area contributed by atoms with Gasteiger partial charge in [0.15, 0.2) is 6.10 Å². The molecule has 0 aliphatic heterocycles. The molecule has 1 atom stereocenters. The van der Waals surface area contributed by atoms with Gasteiger partial charge in [0, 0.05) is 19.3 Å². The summed E-state index contributed by atoms with van der Waals surface area (Å²) >= 11 is 0. The minimum absolute atomic E-state index is 0.113. The first-order chi connectivity index (χ1) is 31.5. The second-order valence-corrected chi connectivity index (χ2v) is 16.7. The maximum Gasteiger partial charge on any atom is 0.306 e. The topological polar surface area (TPSA) is 78.9 Å². The number of carbonyl (C=O) groups is 3. The van der Waals surface area contributed by atoms with Crippen molar-refractivity contribution in [2.24, 2.45) is 0 Å². The van der Waals surface area contributed by atoms with Crippen LogP contribution in [0.3, 0.4) is 0 Å². The normalized spacial score (nSPS) is 13.0. The Labute approximate surface area is 393 Å². The smallest absolute Gasteiger partial charge is 0.306 e. The van der Waals surface area contributed by atoms with Crippen LogP contribution in [0, 0.1) is 0 Å². The molecule has 0 saturated heterocycles. The first kappa shape index (κ1) is 60.1. The third-order valence-electron chi connectivity index (χ3n) is 10.5. The third kappa shape index (κ3) is 49.1. The standard InChI is InChI=1S/C58H94O6/c1-4-7-10-13-16-19-22-24-26-28-29-30-32-33-36-39-42-45-48-51-57(60)63-54-55(53-62-56(59)50-47-44-41-38-35-21-18-15-12-9-6-3)64-58(61)52-49-46-43-40-37-34-31-27-25-23-20-17-14-11-8-5-2/h7-8,10-11,16-17,19-20,24-27,29-30,34,37,43,46,55H,4-6,9,12-15,18,21-23,28,31-33,35-36,38-42,44-45,47-54H2,1-3H3/b10-7-,11-8-,19-16-,20-17-,26-24-,27-25-,30-29-,37-34-,46-43-. The fourth-order valence-corrected chi connectivity index (χ4v) is 6.72. The lowest BCUT2D eigenvalue weighted by Crippen LogP contribution is -2.30. The highest BCUT2D eigenvalue weighted by molar-refractivity contribution is 5.71. The number of carbonyl (C=O) groups excluding carboxylic acids is 3. The Kier molecular flexibility index (Phi) is 48.5. The summed E-state index contributed by atoms with van der Waals surface area (Å²) in [4.78, 5) is 37.9. The SMILES string of the molecule is CC/C=C\C/C=C\C/C=C\C/C=C\C/C=C\CCC(=O)OC(COC(=O)CCCCCCCC/C=C\C/C=C\C/C=C\C/C=C\CC)COC(=O)CCCCCCCCCCCCC. The van der Waals surface area contributed by atoms with Gasteiger partial charge in [0.1, 0.15) is 13.2 Å². The first-order valence-corrected chi connectivity index (χ1v) is 25.9. The maximum absolute atomic E-state index is 12.8. The van der Waals surface area contributed by atoms with Crippen molar-refractivity contribution in [1.82, 2.24) is 0 Å². The molecule has 0 rings (SSSR count). The van der Waals surface area contributed by atoms with Crippen molar-refractivity contribution in [3.05, 3.63) is 109 Å². The van der Waals surface area contributed by atoms with Gasteiger partial charge in [-0.3, -0.25) is 14.4 Å². The van der Waals surface area contributed by atoms with E-state index in [4.69, 9.17) is 14.2 Å². The lowest BCUT2D eigenvalue weighted by atomic mass is 10.1. The van der Waals surface area contributed by atoms with Crippen LogP contribution in [-0.4, -0.2) is 37.2 Å². The summed E-state index contributed by atoms with van der Waals surface area (Å²) in [7, 11) is 0. The van der Waals surface area contributed by atoms with Crippen molar-refractivity contribution >= 4 is 17.9 Å². The Balaban J connectivity index is 4.50. The molecule has 6 nitrogen and oxygen atoms in total. The van der Waals surface area contributed by atoms with Gasteiger partial charge < -0.3 is 14.2 Å². The number of esters is 3. The van der Waals surface area contributed by atoms with E-state index in [0.717, 1.165) is 109 Å². The molecule has 362 valence electrons. The van der Waals surface area contributed by atoms with Gasteiger partial charge in [-0.15, -0.1) is 0 Å². The number of allylic oxidation sites excluding steroid dienone is 18. The van der Waals surface area contributed by atoms with Crippen LogP contribution in [0.1, 0.15) is 220 Å². The van der Waals surface area contributed by atoms with Crippen molar-refractivity contribution in [1.29, 1.82) is 0 Å². The Morgan fingerprint density at radius 2 is 0.641 bits per heavy atom. The first-order valence-electron chi connectivity index (χ1n) is 25.9. The minimum Gasteiger partial charge on any atom is -0.462 e. The second-order valence-electron chi connectivity index (χ2n) is 16.7. The van der Waals surface area contributed by atoms with Crippen LogP contribution in [-0.2, 0) is 28.6 Å². The molecule has 0 bridgehead atoms. The lowest BCUT2D eigenvalue weighted by Gasteiger charge is -2.18. The molecule has 0 saturated carbocycles. The summed E-state index contributed by atoms with van der Waals surface area (Å²) in [5.74, 6) is -1.02. The Bertz CT molecular complexity index is 1340. The second kappa shape index (κ2) is 51.7. The maximum atomic E-state index is 12.8. The van der Waals surface area contributed by atoms with Gasteiger partial charge in [0.25, 0.3) is 0 Å². The van der Waals surface area contributed by atoms with Gasteiger partial charge in [-0.25, -0.2) is 0 Å². The number of ether oxygens (including phenoxy) is 3. The number of rotatable bonds is 45. The van der Waals surface area contributed by atoms with Crippen LogP contribution >= 0.6 is 0 Å². The predicted molar refractivity (Wildman–Crippen MR) is 274 cm³/mol. The molecule has 0 heterocycles. The van der Waals surface area contributed by atoms with Crippen LogP contribution in [0.4, 0.5) is 0 Å². The molecular formula is C58H94O6. The van der Waals surface area contributed by atoms with E-state index in [9.17, 15) is 14.4 Å². The van der Waals surface area contributed by atoms with Gasteiger partial charge in [-0.2, -0.15) is 0 Å². The summed E-state index contributed by atoms with van der Waals surface area (Å²) < 4.78 is 16.7. The van der Waals surface area contributed by atoms with Crippen LogP contribution in [0.2, 0.25) is 0 Å².